The number of hydrogen-bond acceptors (Lipinski definition) is 0. The lowest BCUT2D eigenvalue weighted by atomic mass is 9.91. The standard InChI is InChI=1S/C13H18/c1-2-3-4-7-5-8-9-6-10-12(8)13(10)11(7)9/h5,8-13H,2-4,6H2,1H3/t8-,9-,10+,11+,12-,13-/m0/s1. The van der Waals surface area contributed by atoms with Gasteiger partial charge in [0.15, 0.2) is 0 Å². The van der Waals surface area contributed by atoms with E-state index in [4.69, 9.17) is 0 Å². The summed E-state index contributed by atoms with van der Waals surface area (Å²) in [6.07, 6.45) is 8.54. The van der Waals surface area contributed by atoms with Gasteiger partial charge in [0.05, 0.1) is 0 Å². The minimum atomic E-state index is 1.08. The van der Waals surface area contributed by atoms with Crippen molar-refractivity contribution in [2.24, 2.45) is 35.5 Å². The Balaban J connectivity index is 1.60. The monoisotopic (exact) mass is 174 g/mol. The molecule has 0 N–H and O–H groups in total. The number of hydrogen-bond donors (Lipinski definition) is 0. The summed E-state index contributed by atoms with van der Waals surface area (Å²) in [5, 5.41) is 0. The zero-order chi connectivity index (χ0) is 8.58. The van der Waals surface area contributed by atoms with Gasteiger partial charge in [0.2, 0.25) is 0 Å². The van der Waals surface area contributed by atoms with Crippen LogP contribution >= 0.6 is 0 Å². The average molecular weight is 174 g/mol. The molecule has 13 heavy (non-hydrogen) atoms. The van der Waals surface area contributed by atoms with Crippen LogP contribution in [0, 0.1) is 35.5 Å². The second-order valence-corrected chi connectivity index (χ2v) is 5.67. The third-order valence-corrected chi connectivity index (χ3v) is 5.31. The second-order valence-electron chi connectivity index (χ2n) is 5.67. The Morgan fingerprint density at radius 1 is 1.31 bits per heavy atom. The van der Waals surface area contributed by atoms with Crippen molar-refractivity contribution in [1.29, 1.82) is 0 Å². The fraction of sp³-hybridized carbons (Fsp3) is 0.846. The van der Waals surface area contributed by atoms with E-state index in [2.05, 4.69) is 13.0 Å². The van der Waals surface area contributed by atoms with Crippen LogP contribution < -0.4 is 0 Å². The normalized spacial score (nSPS) is 58.7. The average Bonchev–Trinajstić information content (AvgIpc) is 2.57. The van der Waals surface area contributed by atoms with Crippen molar-refractivity contribution in [3.63, 3.8) is 0 Å². The van der Waals surface area contributed by atoms with Gasteiger partial charge in [-0.15, -0.1) is 0 Å². The van der Waals surface area contributed by atoms with E-state index in [9.17, 15) is 0 Å². The van der Waals surface area contributed by atoms with Crippen molar-refractivity contribution in [1.82, 2.24) is 0 Å². The minimum Gasteiger partial charge on any atom is -0.0813 e. The molecule has 0 aromatic heterocycles. The first-order valence-corrected chi connectivity index (χ1v) is 6.12. The zero-order valence-electron chi connectivity index (χ0n) is 8.37. The van der Waals surface area contributed by atoms with Crippen LogP contribution in [-0.2, 0) is 0 Å². The molecule has 5 aliphatic carbocycles. The predicted octanol–water partition coefficient (Wildman–Crippen LogP) is 3.24. The Bertz CT molecular complexity index is 288. The zero-order valence-corrected chi connectivity index (χ0v) is 8.37. The van der Waals surface area contributed by atoms with E-state index in [0.29, 0.717) is 0 Å². The number of unbranched alkanes of at least 4 members (excludes halogenated alkanes) is 1. The van der Waals surface area contributed by atoms with E-state index in [0.717, 1.165) is 17.8 Å². The molecule has 5 rings (SSSR count). The fourth-order valence-electron chi connectivity index (χ4n) is 4.96. The summed E-state index contributed by atoms with van der Waals surface area (Å²) in [5.74, 6) is 6.92. The van der Waals surface area contributed by atoms with Gasteiger partial charge in [0, 0.05) is 0 Å². The molecule has 0 amide bonds. The Kier molecular flexibility index (Phi) is 1.11. The van der Waals surface area contributed by atoms with Gasteiger partial charge in [-0.2, -0.15) is 0 Å². The van der Waals surface area contributed by atoms with Gasteiger partial charge in [0.1, 0.15) is 0 Å². The molecule has 0 heterocycles. The largest absolute Gasteiger partial charge is 0.0813 e. The first-order chi connectivity index (χ1) is 6.42. The summed E-state index contributed by atoms with van der Waals surface area (Å²) >= 11 is 0. The maximum atomic E-state index is 2.69. The van der Waals surface area contributed by atoms with Crippen LogP contribution in [0.5, 0.6) is 0 Å². The van der Waals surface area contributed by atoms with Gasteiger partial charge in [-0.3, -0.25) is 0 Å². The van der Waals surface area contributed by atoms with Crippen molar-refractivity contribution in [3.05, 3.63) is 11.6 Å². The molecule has 6 atom stereocenters. The van der Waals surface area contributed by atoms with Crippen LogP contribution in [0.3, 0.4) is 0 Å². The lowest BCUT2D eigenvalue weighted by molar-refractivity contribution is 0.452. The number of allylic oxidation sites excluding steroid dienone is 2. The molecule has 4 fully saturated rings. The van der Waals surface area contributed by atoms with Crippen LogP contribution in [0.2, 0.25) is 0 Å². The molecule has 0 heteroatoms. The van der Waals surface area contributed by atoms with Gasteiger partial charge in [0.25, 0.3) is 0 Å². The molecule has 0 nitrogen and oxygen atoms in total. The third-order valence-electron chi connectivity index (χ3n) is 5.31. The van der Waals surface area contributed by atoms with Gasteiger partial charge >= 0.3 is 0 Å². The van der Waals surface area contributed by atoms with E-state index in [1.54, 1.807) is 6.42 Å². The maximum Gasteiger partial charge on any atom is -0.0135 e. The van der Waals surface area contributed by atoms with Crippen molar-refractivity contribution in [3.8, 4) is 0 Å². The highest BCUT2D eigenvalue weighted by Gasteiger charge is 2.75. The first kappa shape index (κ1) is 7.09. The van der Waals surface area contributed by atoms with Crippen LogP contribution in [0.25, 0.3) is 0 Å². The highest BCUT2D eigenvalue weighted by atomic mass is 14.8. The van der Waals surface area contributed by atoms with E-state index in [1.165, 1.54) is 37.0 Å². The summed E-state index contributed by atoms with van der Waals surface area (Å²) in [4.78, 5) is 0. The van der Waals surface area contributed by atoms with E-state index in [-0.39, 0.29) is 0 Å². The summed E-state index contributed by atoms with van der Waals surface area (Å²) in [7, 11) is 0. The highest BCUT2D eigenvalue weighted by Crippen LogP contribution is 2.80. The highest BCUT2D eigenvalue weighted by molar-refractivity contribution is 5.37. The Morgan fingerprint density at radius 3 is 2.85 bits per heavy atom. The summed E-state index contributed by atoms with van der Waals surface area (Å²) in [6, 6.07) is 0. The topological polar surface area (TPSA) is 0 Å². The van der Waals surface area contributed by atoms with Gasteiger partial charge in [-0.05, 0) is 54.8 Å². The van der Waals surface area contributed by atoms with Crippen molar-refractivity contribution in [2.45, 2.75) is 32.6 Å². The molecule has 0 radical (unpaired) electrons. The summed E-state index contributed by atoms with van der Waals surface area (Å²) in [5.41, 5.74) is 1.89. The molecule has 0 saturated heterocycles. The van der Waals surface area contributed by atoms with Crippen LogP contribution in [-0.4, -0.2) is 0 Å². The predicted molar refractivity (Wildman–Crippen MR) is 53.2 cm³/mol. The minimum absolute atomic E-state index is 1.08. The second kappa shape index (κ2) is 2.04. The van der Waals surface area contributed by atoms with Gasteiger partial charge in [-0.1, -0.05) is 25.0 Å². The Labute approximate surface area is 80.4 Å². The number of rotatable bonds is 3. The SMILES string of the molecule is CCCCC1=C[C@H]2[C@@H]3C[C@@H]4[C@H]2[C@@H]4[C@H]13. The molecule has 0 aromatic rings. The lowest BCUT2D eigenvalue weighted by Crippen LogP contribution is -2.04. The fourth-order valence-corrected chi connectivity index (χ4v) is 4.96. The van der Waals surface area contributed by atoms with E-state index < -0.39 is 0 Å². The third kappa shape index (κ3) is 0.639. The Hall–Kier alpha value is -0.260. The van der Waals surface area contributed by atoms with Crippen LogP contribution in [0.4, 0.5) is 0 Å². The molecule has 5 aliphatic rings. The summed E-state index contributed by atoms with van der Waals surface area (Å²) < 4.78 is 0. The van der Waals surface area contributed by atoms with E-state index in [1.807, 2.05) is 5.57 Å². The maximum absolute atomic E-state index is 2.69. The van der Waals surface area contributed by atoms with Crippen LogP contribution in [0.1, 0.15) is 32.6 Å². The molecular formula is C13H18. The molecule has 4 saturated carbocycles. The smallest absolute Gasteiger partial charge is 0.0135 e. The van der Waals surface area contributed by atoms with Crippen LogP contribution in [0.15, 0.2) is 11.6 Å². The quantitative estimate of drug-likeness (QED) is 0.576. The lowest BCUT2D eigenvalue weighted by Gasteiger charge is -2.13. The van der Waals surface area contributed by atoms with E-state index >= 15 is 0 Å². The molecular weight excluding hydrogens is 156 g/mol. The molecule has 70 valence electrons. The summed E-state index contributed by atoms with van der Waals surface area (Å²) in [6.45, 7) is 2.31. The molecule has 0 aromatic carbocycles. The first-order valence-electron chi connectivity index (χ1n) is 6.12. The van der Waals surface area contributed by atoms with Gasteiger partial charge < -0.3 is 0 Å². The van der Waals surface area contributed by atoms with Crippen molar-refractivity contribution < 1.29 is 0 Å². The Morgan fingerprint density at radius 2 is 2.23 bits per heavy atom. The van der Waals surface area contributed by atoms with Crippen molar-refractivity contribution >= 4 is 0 Å². The molecule has 6 bridgehead atoms. The molecule has 0 spiro atoms. The van der Waals surface area contributed by atoms with Crippen molar-refractivity contribution in [2.75, 3.05) is 0 Å². The molecule has 0 aliphatic heterocycles. The van der Waals surface area contributed by atoms with Gasteiger partial charge in [-0.25, -0.2) is 0 Å². The molecule has 0 unspecified atom stereocenters.